The number of amides is 2. The maximum atomic E-state index is 12.2. The minimum atomic E-state index is -0.0466. The van der Waals surface area contributed by atoms with E-state index in [1.54, 1.807) is 0 Å². The summed E-state index contributed by atoms with van der Waals surface area (Å²) in [4.78, 5) is 14.7. The van der Waals surface area contributed by atoms with E-state index in [9.17, 15) is 4.79 Å². The molecular weight excluding hydrogens is 290 g/mol. The Bertz CT molecular complexity index is 358. The van der Waals surface area contributed by atoms with E-state index in [1.165, 1.54) is 32.2 Å². The molecule has 134 valence electrons. The van der Waals surface area contributed by atoms with Crippen LogP contribution in [0.25, 0.3) is 0 Å². The molecule has 2 aliphatic rings. The van der Waals surface area contributed by atoms with E-state index in [-0.39, 0.29) is 30.6 Å². The number of rotatable bonds is 8. The predicted molar refractivity (Wildman–Crippen MR) is 93.4 cm³/mol. The monoisotopic (exact) mass is 325 g/mol. The van der Waals surface area contributed by atoms with Crippen molar-refractivity contribution < 1.29 is 9.90 Å². The van der Waals surface area contributed by atoms with E-state index in [0.29, 0.717) is 0 Å². The van der Waals surface area contributed by atoms with Crippen molar-refractivity contribution in [1.82, 2.24) is 15.5 Å². The molecule has 5 heteroatoms. The third-order valence-electron chi connectivity index (χ3n) is 5.43. The van der Waals surface area contributed by atoms with Gasteiger partial charge in [-0.15, -0.1) is 0 Å². The third-order valence-corrected chi connectivity index (χ3v) is 5.43. The Balaban J connectivity index is 1.66. The first-order valence-corrected chi connectivity index (χ1v) is 9.51. The molecule has 0 aromatic carbocycles. The van der Waals surface area contributed by atoms with Gasteiger partial charge in [-0.25, -0.2) is 4.79 Å². The minimum absolute atomic E-state index is 0.0466. The number of aliphatic hydroxyl groups is 1. The standard InChI is InChI=1S/C18H35N3O2/c1-3-16(10-14(2)13-22)19-18(23)20-17-8-9-21(12-17)11-15-6-4-5-7-15/h14-17,22H,3-13H2,1-2H3,(H2,19,20,23)/t14-,16-,17-/m1/s1. The molecular formula is C18H35N3O2. The van der Waals surface area contributed by atoms with Crippen LogP contribution < -0.4 is 10.6 Å². The molecule has 0 radical (unpaired) electrons. The lowest BCUT2D eigenvalue weighted by molar-refractivity contribution is 0.208. The molecule has 1 saturated carbocycles. The van der Waals surface area contributed by atoms with Gasteiger partial charge in [0.25, 0.3) is 0 Å². The summed E-state index contributed by atoms with van der Waals surface area (Å²) >= 11 is 0. The average Bonchev–Trinajstić information content (AvgIpc) is 3.19. The quantitative estimate of drug-likeness (QED) is 0.642. The number of nitrogens with zero attached hydrogens (tertiary/aromatic N) is 1. The van der Waals surface area contributed by atoms with Gasteiger partial charge in [-0.1, -0.05) is 26.7 Å². The van der Waals surface area contributed by atoms with Crippen molar-refractivity contribution >= 4 is 6.03 Å². The number of hydrogen-bond donors (Lipinski definition) is 3. The summed E-state index contributed by atoms with van der Waals surface area (Å²) in [6, 6.07) is 0.382. The number of carbonyl (C=O) groups is 1. The van der Waals surface area contributed by atoms with Crippen molar-refractivity contribution in [1.29, 1.82) is 0 Å². The van der Waals surface area contributed by atoms with Gasteiger partial charge in [0, 0.05) is 38.3 Å². The molecule has 0 aromatic heterocycles. The fourth-order valence-electron chi connectivity index (χ4n) is 3.97. The average molecular weight is 325 g/mol. The number of carbonyl (C=O) groups excluding carboxylic acids is 1. The third kappa shape index (κ3) is 6.30. The Kier molecular flexibility index (Phi) is 7.63. The molecule has 2 fully saturated rings. The lowest BCUT2D eigenvalue weighted by Crippen LogP contribution is -2.47. The largest absolute Gasteiger partial charge is 0.396 e. The van der Waals surface area contributed by atoms with Crippen LogP contribution in [0.2, 0.25) is 0 Å². The second-order valence-corrected chi connectivity index (χ2v) is 7.64. The minimum Gasteiger partial charge on any atom is -0.396 e. The van der Waals surface area contributed by atoms with Crippen LogP contribution >= 0.6 is 0 Å². The highest BCUT2D eigenvalue weighted by Gasteiger charge is 2.27. The molecule has 0 aromatic rings. The molecule has 2 rings (SSSR count). The summed E-state index contributed by atoms with van der Waals surface area (Å²) in [7, 11) is 0. The zero-order valence-corrected chi connectivity index (χ0v) is 14.9. The first-order chi connectivity index (χ1) is 11.1. The molecule has 1 aliphatic heterocycles. The highest BCUT2D eigenvalue weighted by Crippen LogP contribution is 2.26. The zero-order chi connectivity index (χ0) is 16.7. The molecule has 2 amide bonds. The van der Waals surface area contributed by atoms with E-state index >= 15 is 0 Å². The summed E-state index contributed by atoms with van der Waals surface area (Å²) in [6.07, 6.45) is 8.35. The van der Waals surface area contributed by atoms with Crippen LogP contribution in [-0.4, -0.2) is 54.4 Å². The van der Waals surface area contributed by atoms with Crippen LogP contribution in [0.4, 0.5) is 4.79 Å². The Morgan fingerprint density at radius 1 is 1.30 bits per heavy atom. The van der Waals surface area contributed by atoms with Gasteiger partial charge in [-0.05, 0) is 43.9 Å². The molecule has 0 spiro atoms. The van der Waals surface area contributed by atoms with Gasteiger partial charge >= 0.3 is 6.03 Å². The highest BCUT2D eigenvalue weighted by molar-refractivity contribution is 5.74. The second-order valence-electron chi connectivity index (χ2n) is 7.64. The fraction of sp³-hybridized carbons (Fsp3) is 0.944. The fourth-order valence-corrected chi connectivity index (χ4v) is 3.97. The molecule has 1 heterocycles. The van der Waals surface area contributed by atoms with Crippen molar-refractivity contribution in [2.45, 2.75) is 70.9 Å². The van der Waals surface area contributed by atoms with Gasteiger partial charge in [-0.3, -0.25) is 0 Å². The first-order valence-electron chi connectivity index (χ1n) is 9.51. The van der Waals surface area contributed by atoms with Crippen LogP contribution in [0.15, 0.2) is 0 Å². The van der Waals surface area contributed by atoms with Gasteiger partial charge in [0.1, 0.15) is 0 Å². The van der Waals surface area contributed by atoms with Crippen LogP contribution in [0, 0.1) is 11.8 Å². The lowest BCUT2D eigenvalue weighted by Gasteiger charge is -2.23. The second kappa shape index (κ2) is 9.48. The van der Waals surface area contributed by atoms with E-state index in [4.69, 9.17) is 5.11 Å². The number of likely N-dealkylation sites (tertiary alicyclic amines) is 1. The Morgan fingerprint density at radius 2 is 2.04 bits per heavy atom. The SMILES string of the molecule is CC[C@H](C[C@@H](C)CO)NC(=O)N[C@@H]1CCN(CC2CCCC2)C1. The molecule has 23 heavy (non-hydrogen) atoms. The van der Waals surface area contributed by atoms with Crippen LogP contribution in [-0.2, 0) is 0 Å². The maximum absolute atomic E-state index is 12.2. The number of nitrogens with one attached hydrogen (secondary N) is 2. The van der Waals surface area contributed by atoms with E-state index < -0.39 is 0 Å². The van der Waals surface area contributed by atoms with Crippen molar-refractivity contribution in [3.05, 3.63) is 0 Å². The van der Waals surface area contributed by atoms with Crippen molar-refractivity contribution in [3.8, 4) is 0 Å². The topological polar surface area (TPSA) is 64.6 Å². The Labute approximate surface area is 141 Å². The van der Waals surface area contributed by atoms with E-state index in [0.717, 1.165) is 38.3 Å². The summed E-state index contributed by atoms with van der Waals surface area (Å²) in [5.74, 6) is 1.11. The van der Waals surface area contributed by atoms with Gasteiger partial charge < -0.3 is 20.6 Å². The Hall–Kier alpha value is -0.810. The smallest absolute Gasteiger partial charge is 0.315 e. The van der Waals surface area contributed by atoms with Crippen molar-refractivity contribution in [3.63, 3.8) is 0 Å². The molecule has 0 bridgehead atoms. The van der Waals surface area contributed by atoms with Crippen LogP contribution in [0.1, 0.15) is 58.8 Å². The summed E-state index contributed by atoms with van der Waals surface area (Å²) in [5, 5.41) is 15.4. The molecule has 0 unspecified atom stereocenters. The molecule has 3 atom stereocenters. The zero-order valence-electron chi connectivity index (χ0n) is 14.9. The first kappa shape index (κ1) is 18.5. The number of aliphatic hydroxyl groups excluding tert-OH is 1. The van der Waals surface area contributed by atoms with Gasteiger partial charge in [-0.2, -0.15) is 0 Å². The van der Waals surface area contributed by atoms with Gasteiger partial charge in [0.05, 0.1) is 0 Å². The van der Waals surface area contributed by atoms with Crippen molar-refractivity contribution in [2.24, 2.45) is 11.8 Å². The van der Waals surface area contributed by atoms with Crippen LogP contribution in [0.5, 0.6) is 0 Å². The molecule has 1 saturated heterocycles. The van der Waals surface area contributed by atoms with Crippen LogP contribution in [0.3, 0.4) is 0 Å². The molecule has 3 N–H and O–H groups in total. The van der Waals surface area contributed by atoms with Gasteiger partial charge in [0.15, 0.2) is 0 Å². The van der Waals surface area contributed by atoms with E-state index in [1.807, 2.05) is 6.92 Å². The van der Waals surface area contributed by atoms with E-state index in [2.05, 4.69) is 22.5 Å². The predicted octanol–water partition coefficient (Wildman–Crippen LogP) is 2.35. The Morgan fingerprint density at radius 3 is 2.70 bits per heavy atom. The summed E-state index contributed by atoms with van der Waals surface area (Å²) < 4.78 is 0. The summed E-state index contributed by atoms with van der Waals surface area (Å²) in [6.45, 7) is 7.59. The normalized spacial score (nSPS) is 25.4. The summed E-state index contributed by atoms with van der Waals surface area (Å²) in [5.41, 5.74) is 0. The number of urea groups is 1. The number of hydrogen-bond acceptors (Lipinski definition) is 3. The van der Waals surface area contributed by atoms with Gasteiger partial charge in [0.2, 0.25) is 0 Å². The maximum Gasteiger partial charge on any atom is 0.315 e. The highest BCUT2D eigenvalue weighted by atomic mass is 16.3. The lowest BCUT2D eigenvalue weighted by atomic mass is 10.0. The van der Waals surface area contributed by atoms with Crippen molar-refractivity contribution in [2.75, 3.05) is 26.2 Å². The molecule has 1 aliphatic carbocycles. The molecule has 5 nitrogen and oxygen atoms in total.